The maximum atomic E-state index is 6.08. The first-order valence-corrected chi connectivity index (χ1v) is 6.57. The van der Waals surface area contributed by atoms with E-state index in [2.05, 4.69) is 37.4 Å². The van der Waals surface area contributed by atoms with Gasteiger partial charge in [-0.3, -0.25) is 0 Å². The zero-order valence-corrected chi connectivity index (χ0v) is 10.8. The van der Waals surface area contributed by atoms with Crippen molar-refractivity contribution in [1.82, 2.24) is 5.32 Å². The van der Waals surface area contributed by atoms with Crippen LogP contribution in [-0.4, -0.2) is 13.1 Å². The molecule has 1 fully saturated rings. The molecule has 1 N–H and O–H groups in total. The molecule has 0 aromatic heterocycles. The van der Waals surface area contributed by atoms with Crippen molar-refractivity contribution in [2.75, 3.05) is 13.1 Å². The van der Waals surface area contributed by atoms with Crippen molar-refractivity contribution in [3.05, 3.63) is 34.9 Å². The van der Waals surface area contributed by atoms with Gasteiger partial charge in [-0.1, -0.05) is 44.0 Å². The molecule has 0 radical (unpaired) electrons. The molecule has 2 heteroatoms. The second-order valence-corrected chi connectivity index (χ2v) is 5.19. The summed E-state index contributed by atoms with van der Waals surface area (Å²) in [7, 11) is 0. The third kappa shape index (κ3) is 2.11. The molecule has 2 rings (SSSR count). The number of rotatable bonds is 5. The lowest BCUT2D eigenvalue weighted by Crippen LogP contribution is -2.28. The molecule has 0 bridgehead atoms. The molecular weight excluding hydrogens is 218 g/mol. The van der Waals surface area contributed by atoms with Crippen LogP contribution in [0, 0.1) is 5.92 Å². The van der Waals surface area contributed by atoms with Crippen LogP contribution in [0.15, 0.2) is 24.3 Å². The molecule has 2 atom stereocenters. The molecule has 0 saturated heterocycles. The molecule has 16 heavy (non-hydrogen) atoms. The first-order valence-electron chi connectivity index (χ1n) is 6.19. The summed E-state index contributed by atoms with van der Waals surface area (Å²) in [5.41, 5.74) is 1.77. The van der Waals surface area contributed by atoms with Gasteiger partial charge in [0.2, 0.25) is 0 Å². The fourth-order valence-electron chi connectivity index (χ4n) is 2.73. The van der Waals surface area contributed by atoms with Crippen molar-refractivity contribution in [1.29, 1.82) is 0 Å². The highest BCUT2D eigenvalue weighted by molar-refractivity contribution is 6.30. The Morgan fingerprint density at radius 2 is 2.25 bits per heavy atom. The molecule has 0 heterocycles. The molecule has 0 amide bonds. The van der Waals surface area contributed by atoms with E-state index in [-0.39, 0.29) is 0 Å². The number of nitrogens with one attached hydrogen (secondary N) is 1. The standard InChI is InChI=1S/C14H20ClN/c1-3-11-9-14(11,10-16-4-2)12-6-5-7-13(15)8-12/h5-8,11,16H,3-4,9-10H2,1-2H3. The molecule has 1 saturated carbocycles. The maximum Gasteiger partial charge on any atom is 0.0408 e. The lowest BCUT2D eigenvalue weighted by Gasteiger charge is -2.18. The summed E-state index contributed by atoms with van der Waals surface area (Å²) >= 11 is 6.08. The van der Waals surface area contributed by atoms with Crippen LogP contribution in [0.5, 0.6) is 0 Å². The molecule has 1 aliphatic rings. The van der Waals surface area contributed by atoms with Crippen molar-refractivity contribution in [2.24, 2.45) is 5.92 Å². The van der Waals surface area contributed by atoms with Gasteiger partial charge in [0.15, 0.2) is 0 Å². The number of likely N-dealkylation sites (N-methyl/N-ethyl adjacent to an activating group) is 1. The molecule has 0 aliphatic heterocycles. The summed E-state index contributed by atoms with van der Waals surface area (Å²) in [6, 6.07) is 8.37. The second-order valence-electron chi connectivity index (χ2n) is 4.76. The van der Waals surface area contributed by atoms with E-state index in [1.807, 2.05) is 6.07 Å². The van der Waals surface area contributed by atoms with E-state index in [0.717, 1.165) is 24.0 Å². The van der Waals surface area contributed by atoms with Crippen molar-refractivity contribution >= 4 is 11.6 Å². The van der Waals surface area contributed by atoms with E-state index in [1.54, 1.807) is 0 Å². The number of benzene rings is 1. The Balaban J connectivity index is 2.20. The van der Waals surface area contributed by atoms with Gasteiger partial charge in [0.1, 0.15) is 0 Å². The lowest BCUT2D eigenvalue weighted by molar-refractivity contribution is 0.534. The molecule has 2 unspecified atom stereocenters. The summed E-state index contributed by atoms with van der Waals surface area (Å²) in [5.74, 6) is 0.824. The maximum absolute atomic E-state index is 6.08. The lowest BCUT2D eigenvalue weighted by atomic mass is 9.92. The SMILES string of the molecule is CCNCC1(c2cccc(Cl)c2)CC1CC. The minimum atomic E-state index is 0.357. The summed E-state index contributed by atoms with van der Waals surface area (Å²) in [6.45, 7) is 6.57. The topological polar surface area (TPSA) is 12.0 Å². The van der Waals surface area contributed by atoms with Crippen LogP contribution in [0.25, 0.3) is 0 Å². The number of hydrogen-bond donors (Lipinski definition) is 1. The molecule has 88 valence electrons. The van der Waals surface area contributed by atoms with Gasteiger partial charge in [0.25, 0.3) is 0 Å². The van der Waals surface area contributed by atoms with Crippen LogP contribution < -0.4 is 5.32 Å². The van der Waals surface area contributed by atoms with Crippen molar-refractivity contribution < 1.29 is 0 Å². The van der Waals surface area contributed by atoms with Gasteiger partial charge in [0, 0.05) is 17.0 Å². The van der Waals surface area contributed by atoms with E-state index in [1.165, 1.54) is 18.4 Å². The van der Waals surface area contributed by atoms with E-state index in [0.29, 0.717) is 5.41 Å². The Bertz CT molecular complexity index is 364. The van der Waals surface area contributed by atoms with Crippen molar-refractivity contribution in [3.63, 3.8) is 0 Å². The van der Waals surface area contributed by atoms with E-state index >= 15 is 0 Å². The van der Waals surface area contributed by atoms with E-state index in [9.17, 15) is 0 Å². The molecule has 1 aromatic carbocycles. The molecule has 0 spiro atoms. The first kappa shape index (κ1) is 11.9. The summed E-state index contributed by atoms with van der Waals surface area (Å²) < 4.78 is 0. The fraction of sp³-hybridized carbons (Fsp3) is 0.571. The molecule has 1 aromatic rings. The molecular formula is C14H20ClN. The van der Waals surface area contributed by atoms with Crippen molar-refractivity contribution in [2.45, 2.75) is 32.1 Å². The van der Waals surface area contributed by atoms with Gasteiger partial charge in [-0.25, -0.2) is 0 Å². The Kier molecular flexibility index (Phi) is 3.56. The zero-order chi connectivity index (χ0) is 11.6. The predicted octanol–water partition coefficient (Wildman–Crippen LogP) is 3.62. The minimum absolute atomic E-state index is 0.357. The van der Waals surface area contributed by atoms with Crippen LogP contribution in [0.1, 0.15) is 32.3 Å². The Morgan fingerprint density at radius 1 is 1.44 bits per heavy atom. The Hall–Kier alpha value is -0.530. The Morgan fingerprint density at radius 3 is 2.81 bits per heavy atom. The highest BCUT2D eigenvalue weighted by Crippen LogP contribution is 2.55. The van der Waals surface area contributed by atoms with Gasteiger partial charge < -0.3 is 5.32 Å². The third-order valence-electron chi connectivity index (χ3n) is 3.81. The van der Waals surface area contributed by atoms with Crippen LogP contribution in [0.4, 0.5) is 0 Å². The third-order valence-corrected chi connectivity index (χ3v) is 4.05. The normalized spacial score (nSPS) is 28.1. The Labute approximate surface area is 103 Å². The van der Waals surface area contributed by atoms with Crippen molar-refractivity contribution in [3.8, 4) is 0 Å². The highest BCUT2D eigenvalue weighted by Gasteiger charge is 2.53. The highest BCUT2D eigenvalue weighted by atomic mass is 35.5. The van der Waals surface area contributed by atoms with E-state index < -0.39 is 0 Å². The predicted molar refractivity (Wildman–Crippen MR) is 70.1 cm³/mol. The molecule has 1 aliphatic carbocycles. The smallest absolute Gasteiger partial charge is 0.0408 e. The van der Waals surface area contributed by atoms with Crippen LogP contribution in [0.3, 0.4) is 0 Å². The average Bonchev–Trinajstić information content (AvgIpc) is 3.01. The van der Waals surface area contributed by atoms with Gasteiger partial charge >= 0.3 is 0 Å². The van der Waals surface area contributed by atoms with Gasteiger partial charge in [-0.2, -0.15) is 0 Å². The minimum Gasteiger partial charge on any atom is -0.316 e. The average molecular weight is 238 g/mol. The van der Waals surface area contributed by atoms with Gasteiger partial charge in [0.05, 0.1) is 0 Å². The monoisotopic (exact) mass is 237 g/mol. The van der Waals surface area contributed by atoms with Crippen LogP contribution in [-0.2, 0) is 5.41 Å². The number of hydrogen-bond acceptors (Lipinski definition) is 1. The summed E-state index contributed by atoms with van der Waals surface area (Å²) in [4.78, 5) is 0. The largest absolute Gasteiger partial charge is 0.316 e. The first-order chi connectivity index (χ1) is 7.73. The van der Waals surface area contributed by atoms with Crippen LogP contribution >= 0.6 is 11.6 Å². The van der Waals surface area contributed by atoms with Gasteiger partial charge in [-0.05, 0) is 36.6 Å². The fourth-order valence-corrected chi connectivity index (χ4v) is 2.92. The quantitative estimate of drug-likeness (QED) is 0.825. The van der Waals surface area contributed by atoms with E-state index in [4.69, 9.17) is 11.6 Å². The summed E-state index contributed by atoms with van der Waals surface area (Å²) in [6.07, 6.45) is 2.56. The number of halogens is 1. The molecule has 1 nitrogen and oxygen atoms in total. The van der Waals surface area contributed by atoms with Gasteiger partial charge in [-0.15, -0.1) is 0 Å². The van der Waals surface area contributed by atoms with Crippen LogP contribution in [0.2, 0.25) is 5.02 Å². The zero-order valence-electron chi connectivity index (χ0n) is 10.1. The second kappa shape index (κ2) is 4.77. The summed E-state index contributed by atoms with van der Waals surface area (Å²) in [5, 5.41) is 4.35.